The summed E-state index contributed by atoms with van der Waals surface area (Å²) in [4.78, 5) is 37.9. The third kappa shape index (κ3) is 10.0. The van der Waals surface area contributed by atoms with Crippen LogP contribution in [-0.2, 0) is 14.2 Å². The van der Waals surface area contributed by atoms with Gasteiger partial charge < -0.3 is 14.2 Å². The highest BCUT2D eigenvalue weighted by Crippen LogP contribution is 2.35. The second-order valence-electron chi connectivity index (χ2n) is 9.28. The number of unbranched alkanes of at least 4 members (excludes halogenated alkanes) is 5. The molecule has 0 aromatic carbocycles. The van der Waals surface area contributed by atoms with E-state index >= 15 is 0 Å². The average molecular weight is 470 g/mol. The third-order valence-corrected chi connectivity index (χ3v) is 5.62. The van der Waals surface area contributed by atoms with Crippen LogP contribution in [0.1, 0.15) is 106 Å². The molecule has 1 amide bonds. The maximum absolute atomic E-state index is 12.8. The lowest BCUT2D eigenvalue weighted by atomic mass is 10.1. The van der Waals surface area contributed by atoms with Crippen molar-refractivity contribution in [2.75, 3.05) is 18.5 Å². The lowest BCUT2D eigenvalue weighted by molar-refractivity contribution is 0.00705. The Morgan fingerprint density at radius 1 is 0.969 bits per heavy atom. The summed E-state index contributed by atoms with van der Waals surface area (Å²) < 4.78 is 16.1. The van der Waals surface area contributed by atoms with Crippen LogP contribution in [0.2, 0.25) is 0 Å². The first-order chi connectivity index (χ1) is 15.0. The second-order valence-corrected chi connectivity index (χ2v) is 10.3. The summed E-state index contributed by atoms with van der Waals surface area (Å²) in [7, 11) is 0. The number of ether oxygens (including phenoxy) is 3. The van der Waals surface area contributed by atoms with Crippen LogP contribution in [0.3, 0.4) is 0 Å². The maximum Gasteiger partial charge on any atom is 0.412 e. The molecule has 0 radical (unpaired) electrons. The van der Waals surface area contributed by atoms with E-state index in [1.165, 1.54) is 19.3 Å². The molecule has 0 fully saturated rings. The highest BCUT2D eigenvalue weighted by atomic mass is 32.1. The third-order valence-electron chi connectivity index (χ3n) is 4.43. The first-order valence-corrected chi connectivity index (χ1v) is 12.3. The van der Waals surface area contributed by atoms with E-state index in [0.29, 0.717) is 12.2 Å². The number of amides is 1. The minimum absolute atomic E-state index is 0.151. The fraction of sp³-hybridized carbons (Fsp3) is 0.708. The zero-order chi connectivity index (χ0) is 24.3. The SMILES string of the molecule is CCCCCCCCOC(=O)c1sc(NC(=O)OCC(C)C)c(C(=O)OC(C)(C)C)c1C. The Balaban J connectivity index is 2.93. The van der Waals surface area contributed by atoms with Gasteiger partial charge in [-0.05, 0) is 45.6 Å². The van der Waals surface area contributed by atoms with Crippen LogP contribution < -0.4 is 5.32 Å². The lowest BCUT2D eigenvalue weighted by Crippen LogP contribution is -2.25. The summed E-state index contributed by atoms with van der Waals surface area (Å²) in [6, 6.07) is 0. The van der Waals surface area contributed by atoms with Crippen LogP contribution in [0.15, 0.2) is 0 Å². The molecule has 0 aliphatic heterocycles. The summed E-state index contributed by atoms with van der Waals surface area (Å²) in [5.41, 5.74) is -0.145. The number of hydrogen-bond donors (Lipinski definition) is 1. The van der Waals surface area contributed by atoms with Gasteiger partial charge in [-0.25, -0.2) is 14.4 Å². The maximum atomic E-state index is 12.8. The molecular weight excluding hydrogens is 430 g/mol. The first kappa shape index (κ1) is 27.9. The number of thiophene rings is 1. The minimum atomic E-state index is -0.723. The molecule has 182 valence electrons. The van der Waals surface area contributed by atoms with Gasteiger partial charge in [0.05, 0.1) is 18.8 Å². The van der Waals surface area contributed by atoms with Crippen LogP contribution in [0.4, 0.5) is 9.80 Å². The summed E-state index contributed by atoms with van der Waals surface area (Å²) in [5, 5.41) is 2.81. The molecule has 0 atom stereocenters. The van der Waals surface area contributed by atoms with Crippen LogP contribution in [0.5, 0.6) is 0 Å². The van der Waals surface area contributed by atoms with Gasteiger partial charge in [-0.2, -0.15) is 0 Å². The molecule has 32 heavy (non-hydrogen) atoms. The Labute approximate surface area is 196 Å². The molecule has 0 aliphatic carbocycles. The van der Waals surface area contributed by atoms with Crippen molar-refractivity contribution in [2.45, 2.75) is 92.6 Å². The van der Waals surface area contributed by atoms with Gasteiger partial charge in [-0.15, -0.1) is 11.3 Å². The van der Waals surface area contributed by atoms with Crippen LogP contribution >= 0.6 is 11.3 Å². The Kier molecular flexibility index (Phi) is 11.8. The fourth-order valence-corrected chi connectivity index (χ4v) is 3.93. The number of carbonyl (C=O) groups excluding carboxylic acids is 3. The fourth-order valence-electron chi connectivity index (χ4n) is 2.86. The highest BCUT2D eigenvalue weighted by Gasteiger charge is 2.30. The van der Waals surface area contributed by atoms with Crippen molar-refractivity contribution in [2.24, 2.45) is 5.92 Å². The summed E-state index contributed by atoms with van der Waals surface area (Å²) >= 11 is 0.999. The first-order valence-electron chi connectivity index (χ1n) is 11.4. The lowest BCUT2D eigenvalue weighted by Gasteiger charge is -2.20. The predicted octanol–water partition coefficient (Wildman–Crippen LogP) is 6.73. The van der Waals surface area contributed by atoms with Gasteiger partial charge in [-0.1, -0.05) is 52.9 Å². The standard InChI is InChI=1S/C24H39NO6S/c1-8-9-10-11-12-13-14-29-22(27)19-17(4)18(21(26)31-24(5,6)7)20(32-19)25-23(28)30-15-16(2)3/h16H,8-15H2,1-7H3,(H,25,28). The van der Waals surface area contributed by atoms with Crippen molar-refractivity contribution in [1.29, 1.82) is 0 Å². The Bertz CT molecular complexity index is 763. The molecule has 7 nitrogen and oxygen atoms in total. The van der Waals surface area contributed by atoms with Crippen molar-refractivity contribution in [1.82, 2.24) is 0 Å². The van der Waals surface area contributed by atoms with E-state index in [0.717, 1.165) is 30.6 Å². The van der Waals surface area contributed by atoms with E-state index in [-0.39, 0.29) is 28.0 Å². The second kappa shape index (κ2) is 13.5. The van der Waals surface area contributed by atoms with E-state index in [4.69, 9.17) is 14.2 Å². The van der Waals surface area contributed by atoms with E-state index < -0.39 is 23.6 Å². The van der Waals surface area contributed by atoms with E-state index in [9.17, 15) is 14.4 Å². The van der Waals surface area contributed by atoms with Crippen molar-refractivity contribution < 1.29 is 28.6 Å². The van der Waals surface area contributed by atoms with Gasteiger partial charge in [0.2, 0.25) is 0 Å². The van der Waals surface area contributed by atoms with Gasteiger partial charge in [0.1, 0.15) is 15.5 Å². The molecule has 1 heterocycles. The minimum Gasteiger partial charge on any atom is -0.462 e. The number of rotatable bonds is 12. The predicted molar refractivity (Wildman–Crippen MR) is 128 cm³/mol. The number of carbonyl (C=O) groups is 3. The van der Waals surface area contributed by atoms with Crippen LogP contribution in [0, 0.1) is 12.8 Å². The van der Waals surface area contributed by atoms with Gasteiger partial charge in [0, 0.05) is 0 Å². The number of anilines is 1. The zero-order valence-electron chi connectivity index (χ0n) is 20.6. The zero-order valence-corrected chi connectivity index (χ0v) is 21.4. The molecule has 1 N–H and O–H groups in total. The molecule has 1 aromatic rings. The van der Waals surface area contributed by atoms with Gasteiger partial charge in [-0.3, -0.25) is 5.32 Å². The molecule has 0 bridgehead atoms. The molecule has 0 spiro atoms. The molecular formula is C24H39NO6S. The van der Waals surface area contributed by atoms with Crippen LogP contribution in [-0.4, -0.2) is 36.8 Å². The highest BCUT2D eigenvalue weighted by molar-refractivity contribution is 7.18. The summed E-state index contributed by atoms with van der Waals surface area (Å²) in [6.45, 7) is 13.5. The molecule has 1 aromatic heterocycles. The number of hydrogen-bond acceptors (Lipinski definition) is 7. The number of esters is 2. The molecule has 0 aliphatic rings. The van der Waals surface area contributed by atoms with Crippen LogP contribution in [0.25, 0.3) is 0 Å². The monoisotopic (exact) mass is 469 g/mol. The van der Waals surface area contributed by atoms with Gasteiger partial charge in [0.15, 0.2) is 0 Å². The van der Waals surface area contributed by atoms with Gasteiger partial charge >= 0.3 is 18.0 Å². The summed E-state index contributed by atoms with van der Waals surface area (Å²) in [6.07, 6.45) is 5.84. The Morgan fingerprint density at radius 2 is 1.59 bits per heavy atom. The average Bonchev–Trinajstić information content (AvgIpc) is 3.00. The smallest absolute Gasteiger partial charge is 0.412 e. The Morgan fingerprint density at radius 3 is 2.19 bits per heavy atom. The molecule has 8 heteroatoms. The molecule has 1 rings (SSSR count). The van der Waals surface area contributed by atoms with Crippen molar-refractivity contribution in [3.05, 3.63) is 16.0 Å². The van der Waals surface area contributed by atoms with E-state index in [1.807, 2.05) is 13.8 Å². The topological polar surface area (TPSA) is 90.9 Å². The van der Waals surface area contributed by atoms with Crippen molar-refractivity contribution >= 4 is 34.4 Å². The summed E-state index contributed by atoms with van der Waals surface area (Å²) in [5.74, 6) is -0.946. The molecule has 0 unspecified atom stereocenters. The quantitative estimate of drug-likeness (QED) is 0.207. The van der Waals surface area contributed by atoms with Crippen molar-refractivity contribution in [3.63, 3.8) is 0 Å². The van der Waals surface area contributed by atoms with Gasteiger partial charge in [0.25, 0.3) is 0 Å². The molecule has 0 saturated heterocycles. The largest absolute Gasteiger partial charge is 0.462 e. The van der Waals surface area contributed by atoms with Crippen molar-refractivity contribution in [3.8, 4) is 0 Å². The van der Waals surface area contributed by atoms with E-state index in [1.54, 1.807) is 27.7 Å². The number of nitrogens with one attached hydrogen (secondary N) is 1. The Hall–Kier alpha value is -2.09. The molecule has 0 saturated carbocycles. The van der Waals surface area contributed by atoms with E-state index in [2.05, 4.69) is 12.2 Å². The normalized spacial score (nSPS) is 11.4.